The second-order valence-corrected chi connectivity index (χ2v) is 7.39. The zero-order chi connectivity index (χ0) is 18.6. The predicted molar refractivity (Wildman–Crippen MR) is 107 cm³/mol. The summed E-state index contributed by atoms with van der Waals surface area (Å²) in [6.07, 6.45) is 2.06. The first-order chi connectivity index (χ1) is 13.2. The van der Waals surface area contributed by atoms with Crippen molar-refractivity contribution in [2.45, 2.75) is 6.42 Å². The van der Waals surface area contributed by atoms with Gasteiger partial charge in [0.25, 0.3) is 0 Å². The minimum absolute atomic E-state index is 0.00521. The predicted octanol–water partition coefficient (Wildman–Crippen LogP) is 3.33. The zero-order valence-electron chi connectivity index (χ0n) is 14.9. The number of morpholine rings is 1. The number of aromatic hydroxyl groups is 1. The Morgan fingerprint density at radius 2 is 2.11 bits per heavy atom. The number of nitrogens with zero attached hydrogens (tertiary/aromatic N) is 2. The van der Waals surface area contributed by atoms with Gasteiger partial charge in [-0.05, 0) is 29.6 Å². The fourth-order valence-corrected chi connectivity index (χ4v) is 4.01. The molecule has 0 unspecified atom stereocenters. The number of pyridine rings is 1. The summed E-state index contributed by atoms with van der Waals surface area (Å²) in [5.41, 5.74) is 1.91. The van der Waals surface area contributed by atoms with Crippen molar-refractivity contribution in [2.24, 2.45) is 0 Å². The van der Waals surface area contributed by atoms with E-state index in [9.17, 15) is 9.90 Å². The molecule has 0 radical (unpaired) electrons. The minimum Gasteiger partial charge on any atom is -0.504 e. The average molecular weight is 383 g/mol. The Balaban J connectivity index is 1.51. The number of thiophene rings is 1. The summed E-state index contributed by atoms with van der Waals surface area (Å²) in [7, 11) is 0. The SMILES string of the molecule is O=C(CCN1CCOCC1)Nc1ccc2c(-c3cccs3)ccnc2c1O. The third kappa shape index (κ3) is 3.95. The molecule has 27 heavy (non-hydrogen) atoms. The number of nitrogens with one attached hydrogen (secondary N) is 1. The first-order valence-corrected chi connectivity index (χ1v) is 9.85. The molecule has 1 amide bonds. The molecule has 0 spiro atoms. The molecule has 140 valence electrons. The minimum atomic E-state index is -0.120. The average Bonchev–Trinajstić information content (AvgIpc) is 3.24. The number of ether oxygens (including phenoxy) is 1. The lowest BCUT2D eigenvalue weighted by atomic mass is 10.1. The summed E-state index contributed by atoms with van der Waals surface area (Å²) in [5.74, 6) is -0.115. The van der Waals surface area contributed by atoms with Gasteiger partial charge in [0.1, 0.15) is 5.52 Å². The normalized spacial score (nSPS) is 15.1. The summed E-state index contributed by atoms with van der Waals surface area (Å²) < 4.78 is 5.31. The number of fused-ring (bicyclic) bond motifs is 1. The first-order valence-electron chi connectivity index (χ1n) is 8.97. The second kappa shape index (κ2) is 8.04. The second-order valence-electron chi connectivity index (χ2n) is 6.45. The summed E-state index contributed by atoms with van der Waals surface area (Å²) >= 11 is 1.64. The van der Waals surface area contributed by atoms with Gasteiger partial charge in [-0.25, -0.2) is 0 Å². The molecule has 7 heteroatoms. The Kier molecular flexibility index (Phi) is 5.33. The van der Waals surface area contributed by atoms with E-state index < -0.39 is 0 Å². The van der Waals surface area contributed by atoms with E-state index in [2.05, 4.69) is 15.2 Å². The van der Waals surface area contributed by atoms with E-state index in [0.29, 0.717) is 37.4 Å². The van der Waals surface area contributed by atoms with Crippen molar-refractivity contribution in [1.29, 1.82) is 0 Å². The molecule has 0 saturated carbocycles. The summed E-state index contributed by atoms with van der Waals surface area (Å²) in [6, 6.07) is 9.61. The van der Waals surface area contributed by atoms with Crippen LogP contribution in [0.15, 0.2) is 41.9 Å². The maximum Gasteiger partial charge on any atom is 0.225 e. The maximum atomic E-state index is 12.3. The molecular formula is C20H21N3O3S. The summed E-state index contributed by atoms with van der Waals surface area (Å²) in [4.78, 5) is 19.9. The molecular weight excluding hydrogens is 362 g/mol. The number of carbonyl (C=O) groups is 1. The van der Waals surface area contributed by atoms with Crippen LogP contribution in [-0.4, -0.2) is 53.7 Å². The fraction of sp³-hybridized carbons (Fsp3) is 0.300. The van der Waals surface area contributed by atoms with Crippen LogP contribution in [0.3, 0.4) is 0 Å². The monoisotopic (exact) mass is 383 g/mol. The van der Waals surface area contributed by atoms with E-state index in [1.165, 1.54) is 0 Å². The number of rotatable bonds is 5. The lowest BCUT2D eigenvalue weighted by molar-refractivity contribution is -0.116. The third-order valence-electron chi connectivity index (χ3n) is 4.71. The molecule has 1 aliphatic heterocycles. The van der Waals surface area contributed by atoms with Crippen LogP contribution < -0.4 is 5.32 Å². The van der Waals surface area contributed by atoms with Crippen LogP contribution in [0.2, 0.25) is 0 Å². The Labute approximate surface area is 161 Å². The standard InChI is InChI=1S/C20H21N3O3S/c24-18(6-8-23-9-11-26-12-10-23)22-16-4-3-15-14(17-2-1-13-27-17)5-7-21-19(15)20(16)25/h1-5,7,13,25H,6,8-12H2,(H,22,24). The lowest BCUT2D eigenvalue weighted by Gasteiger charge is -2.26. The molecule has 1 aromatic carbocycles. The van der Waals surface area contributed by atoms with Crippen LogP contribution >= 0.6 is 11.3 Å². The van der Waals surface area contributed by atoms with Crippen molar-refractivity contribution < 1.29 is 14.6 Å². The van der Waals surface area contributed by atoms with Crippen molar-refractivity contribution >= 4 is 33.8 Å². The molecule has 6 nitrogen and oxygen atoms in total. The number of phenols is 1. The summed E-state index contributed by atoms with van der Waals surface area (Å²) in [5, 5.41) is 16.3. The first kappa shape index (κ1) is 17.9. The van der Waals surface area contributed by atoms with Gasteiger partial charge in [0.05, 0.1) is 18.9 Å². The molecule has 2 N–H and O–H groups in total. The van der Waals surface area contributed by atoms with E-state index in [4.69, 9.17) is 4.74 Å². The largest absolute Gasteiger partial charge is 0.504 e. The molecule has 1 fully saturated rings. The van der Waals surface area contributed by atoms with Gasteiger partial charge in [-0.1, -0.05) is 6.07 Å². The zero-order valence-corrected chi connectivity index (χ0v) is 15.7. The molecule has 4 rings (SSSR count). The van der Waals surface area contributed by atoms with Crippen molar-refractivity contribution in [3.05, 3.63) is 41.9 Å². The van der Waals surface area contributed by atoms with Crippen molar-refractivity contribution in [3.8, 4) is 16.2 Å². The van der Waals surface area contributed by atoms with E-state index in [-0.39, 0.29) is 11.7 Å². The van der Waals surface area contributed by atoms with Gasteiger partial charge in [-0.3, -0.25) is 14.7 Å². The van der Waals surface area contributed by atoms with E-state index >= 15 is 0 Å². The molecule has 1 saturated heterocycles. The van der Waals surface area contributed by atoms with Gasteiger partial charge in [-0.2, -0.15) is 0 Å². The van der Waals surface area contributed by atoms with Crippen LogP contribution in [0.5, 0.6) is 5.75 Å². The number of hydrogen-bond acceptors (Lipinski definition) is 6. The quantitative estimate of drug-likeness (QED) is 0.661. The number of aromatic nitrogens is 1. The highest BCUT2D eigenvalue weighted by Gasteiger charge is 2.15. The van der Waals surface area contributed by atoms with Gasteiger partial charge in [-0.15, -0.1) is 11.3 Å². The highest BCUT2D eigenvalue weighted by Crippen LogP contribution is 2.37. The Morgan fingerprint density at radius 3 is 2.89 bits per heavy atom. The number of carbonyl (C=O) groups excluding carboxylic acids is 1. The Morgan fingerprint density at radius 1 is 1.26 bits per heavy atom. The highest BCUT2D eigenvalue weighted by molar-refractivity contribution is 7.13. The van der Waals surface area contributed by atoms with Crippen LogP contribution in [0.4, 0.5) is 5.69 Å². The molecule has 0 bridgehead atoms. The number of amides is 1. The van der Waals surface area contributed by atoms with Gasteiger partial charge in [0.2, 0.25) is 5.91 Å². The maximum absolute atomic E-state index is 12.3. The molecule has 3 aromatic rings. The van der Waals surface area contributed by atoms with Crippen LogP contribution in [0.1, 0.15) is 6.42 Å². The fourth-order valence-electron chi connectivity index (χ4n) is 3.25. The van der Waals surface area contributed by atoms with Crippen molar-refractivity contribution in [2.75, 3.05) is 38.2 Å². The summed E-state index contributed by atoms with van der Waals surface area (Å²) in [6.45, 7) is 3.81. The van der Waals surface area contributed by atoms with Crippen molar-refractivity contribution in [3.63, 3.8) is 0 Å². The molecule has 3 heterocycles. The van der Waals surface area contributed by atoms with E-state index in [1.807, 2.05) is 29.6 Å². The topological polar surface area (TPSA) is 74.7 Å². The number of hydrogen-bond donors (Lipinski definition) is 2. The van der Waals surface area contributed by atoms with Gasteiger partial charge < -0.3 is 15.2 Å². The van der Waals surface area contributed by atoms with Gasteiger partial charge in [0.15, 0.2) is 5.75 Å². The Hall–Kier alpha value is -2.48. The van der Waals surface area contributed by atoms with Crippen LogP contribution in [0, 0.1) is 0 Å². The van der Waals surface area contributed by atoms with Crippen molar-refractivity contribution in [1.82, 2.24) is 9.88 Å². The number of phenolic OH excluding ortho intramolecular Hbond substituents is 1. The lowest BCUT2D eigenvalue weighted by Crippen LogP contribution is -2.38. The smallest absolute Gasteiger partial charge is 0.225 e. The van der Waals surface area contributed by atoms with Gasteiger partial charge in [0, 0.05) is 48.1 Å². The molecule has 1 aliphatic rings. The van der Waals surface area contributed by atoms with Crippen LogP contribution in [0.25, 0.3) is 21.3 Å². The third-order valence-corrected chi connectivity index (χ3v) is 5.61. The van der Waals surface area contributed by atoms with Gasteiger partial charge >= 0.3 is 0 Å². The molecule has 0 atom stereocenters. The molecule has 2 aromatic heterocycles. The highest BCUT2D eigenvalue weighted by atomic mass is 32.1. The number of anilines is 1. The van der Waals surface area contributed by atoms with Crippen LogP contribution in [-0.2, 0) is 9.53 Å². The van der Waals surface area contributed by atoms with E-state index in [0.717, 1.165) is 28.9 Å². The number of benzene rings is 1. The Bertz CT molecular complexity index is 937. The molecule has 0 aliphatic carbocycles. The van der Waals surface area contributed by atoms with E-state index in [1.54, 1.807) is 23.6 Å².